The SMILES string of the molecule is CCNSc1sc(Nc2nc(/C(=C/CCNC=O)COC(C)(C)C)cn3c(-c4coc(C#N)c4)cnc23)cc1C. The van der Waals surface area contributed by atoms with E-state index in [-0.39, 0.29) is 11.4 Å². The molecule has 4 heterocycles. The Kier molecular flexibility index (Phi) is 9.65. The molecule has 0 radical (unpaired) electrons. The van der Waals surface area contributed by atoms with Gasteiger partial charge in [-0.1, -0.05) is 13.0 Å². The number of nitrogens with zero attached hydrogens (tertiary/aromatic N) is 4. The van der Waals surface area contributed by atoms with Crippen LogP contribution in [0.15, 0.2) is 45.5 Å². The Morgan fingerprint density at radius 2 is 2.17 bits per heavy atom. The number of ether oxygens (including phenoxy) is 1. The molecule has 1 amide bonds. The number of carbonyl (C=O) groups is 1. The summed E-state index contributed by atoms with van der Waals surface area (Å²) in [6.07, 6.45) is 8.54. The molecule has 0 aliphatic rings. The van der Waals surface area contributed by atoms with E-state index in [4.69, 9.17) is 14.1 Å². The van der Waals surface area contributed by atoms with E-state index >= 15 is 0 Å². The smallest absolute Gasteiger partial charge is 0.207 e. The Balaban J connectivity index is 1.81. The molecular formula is C28H33N7O3S2. The number of aromatic nitrogens is 3. The van der Waals surface area contributed by atoms with Crippen LogP contribution in [0.2, 0.25) is 0 Å². The van der Waals surface area contributed by atoms with Gasteiger partial charge in [0.25, 0.3) is 0 Å². The van der Waals surface area contributed by atoms with Gasteiger partial charge in [-0.3, -0.25) is 13.9 Å². The lowest BCUT2D eigenvalue weighted by molar-refractivity contribution is -0.109. The van der Waals surface area contributed by atoms with Crippen molar-refractivity contribution in [3.8, 4) is 17.3 Å². The van der Waals surface area contributed by atoms with Crippen molar-refractivity contribution in [2.45, 2.75) is 50.8 Å². The maximum Gasteiger partial charge on any atom is 0.207 e. The van der Waals surface area contributed by atoms with Crippen molar-refractivity contribution in [2.24, 2.45) is 0 Å². The van der Waals surface area contributed by atoms with Crippen molar-refractivity contribution in [1.29, 1.82) is 5.26 Å². The third kappa shape index (κ3) is 7.31. The highest BCUT2D eigenvalue weighted by molar-refractivity contribution is 7.99. The zero-order valence-electron chi connectivity index (χ0n) is 23.2. The van der Waals surface area contributed by atoms with E-state index in [1.165, 1.54) is 9.77 Å². The van der Waals surface area contributed by atoms with Crippen molar-refractivity contribution in [3.05, 3.63) is 53.9 Å². The molecule has 4 aromatic rings. The topological polar surface area (TPSA) is 130 Å². The molecule has 0 atom stereocenters. The van der Waals surface area contributed by atoms with Crippen molar-refractivity contribution in [3.63, 3.8) is 0 Å². The Morgan fingerprint density at radius 3 is 2.88 bits per heavy atom. The number of amides is 1. The summed E-state index contributed by atoms with van der Waals surface area (Å²) in [5, 5.41) is 16.4. The van der Waals surface area contributed by atoms with Gasteiger partial charge in [0, 0.05) is 36.5 Å². The average Bonchev–Trinajstić information content (AvgIpc) is 3.64. The fourth-order valence-corrected chi connectivity index (χ4v) is 5.68. The highest BCUT2D eigenvalue weighted by Crippen LogP contribution is 2.36. The molecule has 0 spiro atoms. The number of aryl methyl sites for hydroxylation is 1. The van der Waals surface area contributed by atoms with Gasteiger partial charge in [-0.05, 0) is 57.7 Å². The molecule has 0 bridgehead atoms. The number of hydrogen-bond donors (Lipinski definition) is 3. The first-order valence-electron chi connectivity index (χ1n) is 12.9. The molecule has 0 aromatic carbocycles. The van der Waals surface area contributed by atoms with Gasteiger partial charge in [-0.15, -0.1) is 11.3 Å². The number of hydrogen-bond acceptors (Lipinski definition) is 10. The molecule has 3 N–H and O–H groups in total. The number of fused-ring (bicyclic) bond motifs is 1. The summed E-state index contributed by atoms with van der Waals surface area (Å²) < 4.78 is 17.9. The molecule has 40 heavy (non-hydrogen) atoms. The van der Waals surface area contributed by atoms with E-state index in [2.05, 4.69) is 40.3 Å². The van der Waals surface area contributed by atoms with E-state index in [1.54, 1.807) is 41.8 Å². The standard InChI is InChI=1S/C28H33N7O3S2/c1-6-32-40-27-18(2)10-24(39-27)34-25-26-31-13-23(20-11-21(12-29)37-15-20)35(26)14-22(33-25)19(8-7-9-30-17-36)16-38-28(3,4)5/h8,10-11,13-15,17,32H,6-7,9,16H2,1-5H3,(H,30,36)(H,33,34)/b19-8+. The van der Waals surface area contributed by atoms with Crippen LogP contribution in [0.1, 0.15) is 51.1 Å². The van der Waals surface area contributed by atoms with Gasteiger partial charge in [-0.2, -0.15) is 5.26 Å². The molecule has 0 unspecified atom stereocenters. The van der Waals surface area contributed by atoms with Crippen LogP contribution in [0, 0.1) is 18.3 Å². The normalized spacial score (nSPS) is 12.1. The van der Waals surface area contributed by atoms with Gasteiger partial charge in [0.2, 0.25) is 12.2 Å². The van der Waals surface area contributed by atoms with Crippen LogP contribution in [0.5, 0.6) is 0 Å². The van der Waals surface area contributed by atoms with E-state index < -0.39 is 0 Å². The van der Waals surface area contributed by atoms with Crippen molar-refractivity contribution >= 4 is 51.7 Å². The number of carbonyl (C=O) groups excluding carboxylic acids is 1. The maximum absolute atomic E-state index is 10.8. The number of thiophene rings is 1. The Morgan fingerprint density at radius 1 is 1.35 bits per heavy atom. The molecule has 4 aromatic heterocycles. The van der Waals surface area contributed by atoms with Crippen LogP contribution in [-0.4, -0.2) is 46.1 Å². The lowest BCUT2D eigenvalue weighted by Crippen LogP contribution is -2.21. The fourth-order valence-electron chi connectivity index (χ4n) is 3.77. The second-order valence-electron chi connectivity index (χ2n) is 9.92. The van der Waals surface area contributed by atoms with Crippen molar-refractivity contribution in [2.75, 3.05) is 25.0 Å². The number of furan rings is 1. The Labute approximate surface area is 242 Å². The highest BCUT2D eigenvalue weighted by atomic mass is 32.2. The van der Waals surface area contributed by atoms with Crippen LogP contribution >= 0.6 is 23.3 Å². The van der Waals surface area contributed by atoms with Crippen molar-refractivity contribution < 1.29 is 13.9 Å². The third-order valence-electron chi connectivity index (χ3n) is 5.67. The van der Waals surface area contributed by atoms with E-state index in [9.17, 15) is 10.1 Å². The predicted octanol–water partition coefficient (Wildman–Crippen LogP) is 5.93. The van der Waals surface area contributed by atoms with Crippen LogP contribution in [0.4, 0.5) is 10.8 Å². The zero-order valence-corrected chi connectivity index (χ0v) is 24.8. The number of nitriles is 1. The number of imidazole rings is 1. The number of rotatable bonds is 13. The molecule has 0 aliphatic heterocycles. The van der Waals surface area contributed by atoms with Gasteiger partial charge >= 0.3 is 0 Å². The van der Waals surface area contributed by atoms with E-state index in [1.807, 2.05) is 43.5 Å². The van der Waals surface area contributed by atoms with Crippen molar-refractivity contribution in [1.82, 2.24) is 24.4 Å². The molecule has 0 saturated carbocycles. The predicted molar refractivity (Wildman–Crippen MR) is 160 cm³/mol. The lowest BCUT2D eigenvalue weighted by Gasteiger charge is -2.21. The van der Waals surface area contributed by atoms with Gasteiger partial charge < -0.3 is 19.8 Å². The Bertz CT molecular complexity index is 1540. The van der Waals surface area contributed by atoms with E-state index in [0.29, 0.717) is 43.1 Å². The van der Waals surface area contributed by atoms with Crippen LogP contribution in [0.25, 0.3) is 22.5 Å². The molecular weight excluding hydrogens is 546 g/mol. The first-order chi connectivity index (χ1) is 19.2. The van der Waals surface area contributed by atoms with Gasteiger partial charge in [0.1, 0.15) is 12.3 Å². The average molecular weight is 580 g/mol. The summed E-state index contributed by atoms with van der Waals surface area (Å²) in [6.45, 7) is 11.9. The first-order valence-corrected chi connectivity index (χ1v) is 14.5. The summed E-state index contributed by atoms with van der Waals surface area (Å²) in [5.41, 5.74) is 4.51. The largest absolute Gasteiger partial charge is 0.453 e. The summed E-state index contributed by atoms with van der Waals surface area (Å²) in [4.78, 5) is 20.5. The molecule has 4 rings (SSSR count). The minimum atomic E-state index is -0.356. The molecule has 0 saturated heterocycles. The van der Waals surface area contributed by atoms with Gasteiger partial charge in [0.15, 0.2) is 11.5 Å². The zero-order chi connectivity index (χ0) is 28.7. The Hall–Kier alpha value is -3.63. The quantitative estimate of drug-likeness (QED) is 0.100. The summed E-state index contributed by atoms with van der Waals surface area (Å²) >= 11 is 3.25. The first kappa shape index (κ1) is 29.4. The van der Waals surface area contributed by atoms with Gasteiger partial charge in [-0.25, -0.2) is 9.97 Å². The molecule has 12 heteroatoms. The van der Waals surface area contributed by atoms with E-state index in [0.717, 1.165) is 28.4 Å². The molecule has 10 nitrogen and oxygen atoms in total. The van der Waals surface area contributed by atoms with Crippen LogP contribution in [-0.2, 0) is 9.53 Å². The summed E-state index contributed by atoms with van der Waals surface area (Å²) in [5.74, 6) is 0.806. The maximum atomic E-state index is 10.8. The second-order valence-corrected chi connectivity index (χ2v) is 12.1. The van der Waals surface area contributed by atoms with Crippen LogP contribution in [0.3, 0.4) is 0 Å². The summed E-state index contributed by atoms with van der Waals surface area (Å²) in [6, 6.07) is 5.82. The third-order valence-corrected chi connectivity index (χ3v) is 8.06. The molecule has 0 fully saturated rings. The number of anilines is 2. The molecule has 210 valence electrons. The minimum Gasteiger partial charge on any atom is -0.453 e. The second kappa shape index (κ2) is 13.1. The lowest BCUT2D eigenvalue weighted by atomic mass is 10.1. The fraction of sp³-hybridized carbons (Fsp3) is 0.357. The van der Waals surface area contributed by atoms with Crippen LogP contribution < -0.4 is 15.4 Å². The summed E-state index contributed by atoms with van der Waals surface area (Å²) in [7, 11) is 0. The highest BCUT2D eigenvalue weighted by Gasteiger charge is 2.19. The monoisotopic (exact) mass is 579 g/mol. The molecule has 0 aliphatic carbocycles. The minimum absolute atomic E-state index is 0.221. The number of nitrogens with one attached hydrogen (secondary N) is 3. The van der Waals surface area contributed by atoms with Gasteiger partial charge in [0.05, 0.1) is 39.0 Å².